The predicted molar refractivity (Wildman–Crippen MR) is 76.7 cm³/mol. The van der Waals surface area contributed by atoms with Crippen LogP contribution in [0.5, 0.6) is 0 Å². The van der Waals surface area contributed by atoms with Gasteiger partial charge in [0.15, 0.2) is 0 Å². The summed E-state index contributed by atoms with van der Waals surface area (Å²) in [6, 6.07) is 12.1. The van der Waals surface area contributed by atoms with Crippen molar-refractivity contribution in [3.63, 3.8) is 0 Å². The van der Waals surface area contributed by atoms with Crippen LogP contribution in [-0.4, -0.2) is 23.6 Å². The summed E-state index contributed by atoms with van der Waals surface area (Å²) in [6.45, 7) is 1.64. The van der Waals surface area contributed by atoms with Crippen LogP contribution in [0, 0.1) is 11.3 Å². The molecule has 2 heterocycles. The summed E-state index contributed by atoms with van der Waals surface area (Å²) in [5.41, 5.74) is 3.11. The largest absolute Gasteiger partial charge is 0.329 e. The van der Waals surface area contributed by atoms with E-state index in [0.29, 0.717) is 0 Å². The molecule has 0 atom stereocenters. The van der Waals surface area contributed by atoms with Crippen LogP contribution in [0.3, 0.4) is 0 Å². The third-order valence-corrected chi connectivity index (χ3v) is 3.47. The summed E-state index contributed by atoms with van der Waals surface area (Å²) < 4.78 is 0. The first-order valence-electron chi connectivity index (χ1n) is 6.59. The summed E-state index contributed by atoms with van der Waals surface area (Å²) in [4.78, 5) is 10.7. The van der Waals surface area contributed by atoms with Crippen LogP contribution < -0.4 is 10.2 Å². The van der Waals surface area contributed by atoms with E-state index in [-0.39, 0.29) is 5.82 Å². The molecule has 2 aromatic rings. The Balaban J connectivity index is 2.10. The summed E-state index contributed by atoms with van der Waals surface area (Å²) in [6.07, 6.45) is 0.835. The predicted octanol–water partition coefficient (Wildman–Crippen LogP) is 1.76. The Bertz CT molecular complexity index is 660. The third kappa shape index (κ3) is 2.22. The smallest absolute Gasteiger partial charge is 0.234 e. The molecule has 0 saturated heterocycles. The summed E-state index contributed by atoms with van der Waals surface area (Å²) >= 11 is 0. The van der Waals surface area contributed by atoms with Gasteiger partial charge in [-0.1, -0.05) is 18.2 Å². The number of nitrogens with one attached hydrogen (secondary N) is 1. The van der Waals surface area contributed by atoms with Gasteiger partial charge in [-0.3, -0.25) is 0 Å². The van der Waals surface area contributed by atoms with Crippen LogP contribution in [0.15, 0.2) is 30.3 Å². The summed E-state index contributed by atoms with van der Waals surface area (Å²) in [5.74, 6) is 1.05. The van der Waals surface area contributed by atoms with Crippen LogP contribution in [-0.2, 0) is 13.0 Å². The van der Waals surface area contributed by atoms with Gasteiger partial charge >= 0.3 is 0 Å². The van der Waals surface area contributed by atoms with Gasteiger partial charge in [-0.2, -0.15) is 5.26 Å². The molecule has 0 radical (unpaired) electrons. The average Bonchev–Trinajstić information content (AvgIpc) is 2.54. The highest BCUT2D eigenvalue weighted by Gasteiger charge is 2.20. The lowest BCUT2D eigenvalue weighted by Gasteiger charge is -2.25. The van der Waals surface area contributed by atoms with Crippen molar-refractivity contribution in [3.8, 4) is 6.07 Å². The minimum absolute atomic E-state index is 0.239. The highest BCUT2D eigenvalue weighted by molar-refractivity contribution is 5.63. The SMILES string of the molecule is CN(c1ccccc1)c1nc(C#N)nc2c1CNCC2. The molecular formula is C15H15N5. The Morgan fingerprint density at radius 2 is 2.05 bits per heavy atom. The highest BCUT2D eigenvalue weighted by atomic mass is 15.2. The van der Waals surface area contributed by atoms with Gasteiger partial charge in [0.25, 0.3) is 0 Å². The minimum atomic E-state index is 0.239. The average molecular weight is 265 g/mol. The maximum absolute atomic E-state index is 9.11. The van der Waals surface area contributed by atoms with E-state index in [1.165, 1.54) is 0 Å². The monoisotopic (exact) mass is 265 g/mol. The lowest BCUT2D eigenvalue weighted by Crippen LogP contribution is -2.28. The number of para-hydroxylation sites is 1. The molecule has 1 aliphatic heterocycles. The van der Waals surface area contributed by atoms with Crippen molar-refractivity contribution in [2.24, 2.45) is 0 Å². The quantitative estimate of drug-likeness (QED) is 0.896. The molecule has 1 aliphatic rings. The molecule has 20 heavy (non-hydrogen) atoms. The first-order valence-corrected chi connectivity index (χ1v) is 6.59. The molecule has 0 spiro atoms. The standard InChI is InChI=1S/C15H15N5/c1-20(11-5-3-2-4-6-11)15-12-10-17-8-7-13(12)18-14(9-16)19-15/h2-6,17H,7-8,10H2,1H3. The Hall–Kier alpha value is -2.45. The number of rotatable bonds is 2. The zero-order valence-corrected chi connectivity index (χ0v) is 11.3. The molecule has 0 aliphatic carbocycles. The topological polar surface area (TPSA) is 64.8 Å². The molecule has 5 heteroatoms. The first-order chi connectivity index (χ1) is 9.79. The first kappa shape index (κ1) is 12.6. The third-order valence-electron chi connectivity index (χ3n) is 3.47. The second-order valence-corrected chi connectivity index (χ2v) is 4.73. The van der Waals surface area contributed by atoms with Gasteiger partial charge in [0.05, 0.1) is 5.69 Å². The number of nitriles is 1. The van der Waals surface area contributed by atoms with E-state index in [1.54, 1.807) is 0 Å². The zero-order chi connectivity index (χ0) is 13.9. The Morgan fingerprint density at radius 3 is 2.80 bits per heavy atom. The van der Waals surface area contributed by atoms with Crippen LogP contribution in [0.1, 0.15) is 17.1 Å². The number of aromatic nitrogens is 2. The van der Waals surface area contributed by atoms with E-state index < -0.39 is 0 Å². The molecule has 5 nitrogen and oxygen atoms in total. The molecule has 0 unspecified atom stereocenters. The van der Waals surface area contributed by atoms with Crippen molar-refractivity contribution < 1.29 is 0 Å². The van der Waals surface area contributed by atoms with Gasteiger partial charge < -0.3 is 10.2 Å². The molecule has 100 valence electrons. The lowest BCUT2D eigenvalue weighted by molar-refractivity contribution is 0.624. The van der Waals surface area contributed by atoms with Gasteiger partial charge in [-0.15, -0.1) is 0 Å². The Morgan fingerprint density at radius 1 is 1.25 bits per heavy atom. The van der Waals surface area contributed by atoms with E-state index in [9.17, 15) is 0 Å². The molecule has 0 amide bonds. The van der Waals surface area contributed by atoms with Gasteiger partial charge in [-0.25, -0.2) is 9.97 Å². The number of fused-ring (bicyclic) bond motifs is 1. The minimum Gasteiger partial charge on any atom is -0.329 e. The fraction of sp³-hybridized carbons (Fsp3) is 0.267. The molecular weight excluding hydrogens is 250 g/mol. The molecule has 3 rings (SSSR count). The number of anilines is 2. The van der Waals surface area contributed by atoms with Crippen molar-refractivity contribution >= 4 is 11.5 Å². The lowest BCUT2D eigenvalue weighted by atomic mass is 10.1. The molecule has 1 N–H and O–H groups in total. The molecule has 1 aromatic carbocycles. The second-order valence-electron chi connectivity index (χ2n) is 4.73. The van der Waals surface area contributed by atoms with Crippen molar-refractivity contribution in [1.82, 2.24) is 15.3 Å². The van der Waals surface area contributed by atoms with Crippen molar-refractivity contribution in [3.05, 3.63) is 47.4 Å². The van der Waals surface area contributed by atoms with Crippen LogP contribution in [0.4, 0.5) is 11.5 Å². The van der Waals surface area contributed by atoms with Crippen LogP contribution >= 0.6 is 0 Å². The normalized spacial score (nSPS) is 13.4. The summed E-state index contributed by atoms with van der Waals surface area (Å²) in [5, 5.41) is 12.4. The van der Waals surface area contributed by atoms with E-state index in [0.717, 1.165) is 42.3 Å². The number of nitrogens with zero attached hydrogens (tertiary/aromatic N) is 4. The van der Waals surface area contributed by atoms with Crippen molar-refractivity contribution in [2.45, 2.75) is 13.0 Å². The fourth-order valence-corrected chi connectivity index (χ4v) is 2.43. The number of hydrogen-bond acceptors (Lipinski definition) is 5. The van der Waals surface area contributed by atoms with Crippen LogP contribution in [0.25, 0.3) is 0 Å². The highest BCUT2D eigenvalue weighted by Crippen LogP contribution is 2.28. The maximum atomic E-state index is 9.11. The van der Waals surface area contributed by atoms with E-state index in [4.69, 9.17) is 5.26 Å². The zero-order valence-electron chi connectivity index (χ0n) is 11.3. The van der Waals surface area contributed by atoms with Crippen LogP contribution in [0.2, 0.25) is 0 Å². The molecule has 0 saturated carbocycles. The fourth-order valence-electron chi connectivity index (χ4n) is 2.43. The van der Waals surface area contributed by atoms with E-state index in [1.807, 2.05) is 42.3 Å². The Labute approximate surface area is 117 Å². The number of benzene rings is 1. The van der Waals surface area contributed by atoms with Gasteiger partial charge in [0, 0.05) is 37.8 Å². The van der Waals surface area contributed by atoms with E-state index in [2.05, 4.69) is 21.4 Å². The van der Waals surface area contributed by atoms with Crippen molar-refractivity contribution in [1.29, 1.82) is 5.26 Å². The number of hydrogen-bond donors (Lipinski definition) is 1. The Kier molecular flexibility index (Phi) is 3.32. The van der Waals surface area contributed by atoms with Gasteiger partial charge in [0.1, 0.15) is 11.9 Å². The van der Waals surface area contributed by atoms with Gasteiger partial charge in [-0.05, 0) is 12.1 Å². The van der Waals surface area contributed by atoms with Gasteiger partial charge in [0.2, 0.25) is 5.82 Å². The maximum Gasteiger partial charge on any atom is 0.234 e. The summed E-state index contributed by atoms with van der Waals surface area (Å²) in [7, 11) is 1.97. The molecule has 1 aromatic heterocycles. The van der Waals surface area contributed by atoms with Crippen molar-refractivity contribution in [2.75, 3.05) is 18.5 Å². The second kappa shape index (κ2) is 5.27. The molecule has 0 fully saturated rings. The molecule has 0 bridgehead atoms. The van der Waals surface area contributed by atoms with E-state index >= 15 is 0 Å².